The van der Waals surface area contributed by atoms with E-state index in [2.05, 4.69) is 21.9 Å². The van der Waals surface area contributed by atoms with Crippen molar-refractivity contribution in [2.75, 3.05) is 0 Å². The van der Waals surface area contributed by atoms with Gasteiger partial charge in [0.15, 0.2) is 0 Å². The van der Waals surface area contributed by atoms with Crippen molar-refractivity contribution >= 4 is 28.3 Å². The second-order valence-corrected chi connectivity index (χ2v) is 6.56. The molecule has 0 aliphatic carbocycles. The molecule has 0 aliphatic rings. The quantitative estimate of drug-likeness (QED) is 0.489. The lowest BCUT2D eigenvalue weighted by Crippen LogP contribution is -2.26. The van der Waals surface area contributed by atoms with E-state index in [9.17, 15) is 9.59 Å². The van der Waals surface area contributed by atoms with Crippen LogP contribution in [0.25, 0.3) is 10.8 Å². The highest BCUT2D eigenvalue weighted by molar-refractivity contribution is 6.02. The van der Waals surface area contributed by atoms with E-state index in [0.717, 1.165) is 21.9 Å². The molecule has 2 N–H and O–H groups in total. The fourth-order valence-electron chi connectivity index (χ4n) is 2.79. The van der Waals surface area contributed by atoms with Gasteiger partial charge in [0.2, 0.25) is 11.8 Å². The van der Waals surface area contributed by atoms with Crippen molar-refractivity contribution in [3.8, 4) is 0 Å². The first kappa shape index (κ1) is 19.3. The van der Waals surface area contributed by atoms with Crippen LogP contribution in [0.4, 0.5) is 0 Å². The minimum absolute atomic E-state index is 0.0924. The zero-order valence-electron chi connectivity index (χ0n) is 15.8. The number of hydrogen-bond acceptors (Lipinski definition) is 3. The Balaban J connectivity index is 1.46. The van der Waals surface area contributed by atoms with Crippen LogP contribution in [0.1, 0.15) is 30.9 Å². The number of rotatable bonds is 7. The summed E-state index contributed by atoms with van der Waals surface area (Å²) in [7, 11) is 0. The van der Waals surface area contributed by atoms with Crippen molar-refractivity contribution in [1.29, 1.82) is 0 Å². The topological polar surface area (TPSA) is 70.6 Å². The standard InChI is InChI=1S/C23H23N3O2/c1-17(20-12-11-19-9-5-6-10-21(19)15-20)25-26-23(28)14-13-22(27)24-16-18-7-3-2-4-8-18/h2-12,15H,13-14,16H2,1H3,(H,24,27)(H,26,28). The number of carbonyl (C=O) groups is 2. The maximum absolute atomic E-state index is 12.0. The van der Waals surface area contributed by atoms with Crippen LogP contribution in [-0.4, -0.2) is 17.5 Å². The lowest BCUT2D eigenvalue weighted by molar-refractivity contribution is -0.126. The highest BCUT2D eigenvalue weighted by Crippen LogP contribution is 2.16. The first-order valence-corrected chi connectivity index (χ1v) is 9.25. The molecule has 0 radical (unpaired) electrons. The number of amides is 2. The Morgan fingerprint density at radius 1 is 0.821 bits per heavy atom. The predicted molar refractivity (Wildman–Crippen MR) is 112 cm³/mol. The van der Waals surface area contributed by atoms with E-state index in [1.165, 1.54) is 0 Å². The molecule has 0 spiro atoms. The van der Waals surface area contributed by atoms with Gasteiger partial charge in [-0.25, -0.2) is 5.43 Å². The molecule has 0 unspecified atom stereocenters. The van der Waals surface area contributed by atoms with E-state index >= 15 is 0 Å². The fourth-order valence-corrected chi connectivity index (χ4v) is 2.79. The molecule has 0 aliphatic heterocycles. The molecule has 0 fully saturated rings. The molecule has 0 atom stereocenters. The summed E-state index contributed by atoms with van der Waals surface area (Å²) in [5.74, 6) is -0.441. The van der Waals surface area contributed by atoms with Crippen molar-refractivity contribution in [2.45, 2.75) is 26.3 Å². The summed E-state index contributed by atoms with van der Waals surface area (Å²) in [4.78, 5) is 23.8. The van der Waals surface area contributed by atoms with Crippen LogP contribution < -0.4 is 10.7 Å². The molecule has 3 rings (SSSR count). The molecular weight excluding hydrogens is 350 g/mol. The van der Waals surface area contributed by atoms with Gasteiger partial charge in [0.05, 0.1) is 5.71 Å². The lowest BCUT2D eigenvalue weighted by atomic mass is 10.0. The predicted octanol–water partition coefficient (Wildman–Crippen LogP) is 3.78. The number of carbonyl (C=O) groups excluding carboxylic acids is 2. The molecule has 5 heteroatoms. The molecule has 28 heavy (non-hydrogen) atoms. The summed E-state index contributed by atoms with van der Waals surface area (Å²) >= 11 is 0. The molecule has 0 saturated carbocycles. The van der Waals surface area contributed by atoms with E-state index in [-0.39, 0.29) is 24.7 Å². The van der Waals surface area contributed by atoms with E-state index in [4.69, 9.17) is 0 Å². The summed E-state index contributed by atoms with van der Waals surface area (Å²) in [5.41, 5.74) is 5.21. The first-order chi connectivity index (χ1) is 13.6. The van der Waals surface area contributed by atoms with E-state index in [1.54, 1.807) is 0 Å². The first-order valence-electron chi connectivity index (χ1n) is 9.25. The average Bonchev–Trinajstić information content (AvgIpc) is 2.75. The Morgan fingerprint density at radius 2 is 1.50 bits per heavy atom. The van der Waals surface area contributed by atoms with Crippen LogP contribution in [0.2, 0.25) is 0 Å². The molecule has 2 amide bonds. The molecule has 0 aromatic heterocycles. The largest absolute Gasteiger partial charge is 0.352 e. The fraction of sp³-hybridized carbons (Fsp3) is 0.174. The second kappa shape index (κ2) is 9.46. The van der Waals surface area contributed by atoms with Gasteiger partial charge in [0.25, 0.3) is 0 Å². The van der Waals surface area contributed by atoms with E-state index < -0.39 is 0 Å². The Morgan fingerprint density at radius 3 is 2.29 bits per heavy atom. The number of nitrogens with one attached hydrogen (secondary N) is 2. The minimum atomic E-state index is -0.282. The van der Waals surface area contributed by atoms with E-state index in [0.29, 0.717) is 12.3 Å². The number of fused-ring (bicyclic) bond motifs is 1. The number of hydrazone groups is 1. The van der Waals surface area contributed by atoms with Gasteiger partial charge < -0.3 is 5.32 Å². The summed E-state index contributed by atoms with van der Waals surface area (Å²) < 4.78 is 0. The van der Waals surface area contributed by atoms with Crippen LogP contribution >= 0.6 is 0 Å². The minimum Gasteiger partial charge on any atom is -0.352 e. The van der Waals surface area contributed by atoms with Crippen LogP contribution in [0.3, 0.4) is 0 Å². The van der Waals surface area contributed by atoms with Gasteiger partial charge >= 0.3 is 0 Å². The summed E-state index contributed by atoms with van der Waals surface area (Å²) in [5, 5.41) is 9.24. The summed E-state index contributed by atoms with van der Waals surface area (Å²) in [6, 6.07) is 23.8. The zero-order valence-corrected chi connectivity index (χ0v) is 15.8. The normalized spacial score (nSPS) is 11.2. The smallest absolute Gasteiger partial charge is 0.240 e. The van der Waals surface area contributed by atoms with Crippen molar-refractivity contribution in [2.24, 2.45) is 5.10 Å². The van der Waals surface area contributed by atoms with Crippen molar-refractivity contribution in [3.05, 3.63) is 83.9 Å². The Kier molecular flexibility index (Phi) is 6.52. The Labute approximate surface area is 164 Å². The summed E-state index contributed by atoms with van der Waals surface area (Å²) in [6.07, 6.45) is 0.221. The van der Waals surface area contributed by atoms with Crippen LogP contribution in [-0.2, 0) is 16.1 Å². The van der Waals surface area contributed by atoms with Crippen molar-refractivity contribution < 1.29 is 9.59 Å². The highest BCUT2D eigenvalue weighted by Gasteiger charge is 2.07. The van der Waals surface area contributed by atoms with Crippen molar-refractivity contribution in [1.82, 2.24) is 10.7 Å². The number of hydrogen-bond donors (Lipinski definition) is 2. The van der Waals surface area contributed by atoms with Crippen LogP contribution in [0.5, 0.6) is 0 Å². The third-order valence-electron chi connectivity index (χ3n) is 4.43. The van der Waals surface area contributed by atoms with Gasteiger partial charge in [-0.05, 0) is 34.9 Å². The van der Waals surface area contributed by atoms with Crippen LogP contribution in [0.15, 0.2) is 77.9 Å². The van der Waals surface area contributed by atoms with E-state index in [1.807, 2.05) is 73.7 Å². The highest BCUT2D eigenvalue weighted by atomic mass is 16.2. The van der Waals surface area contributed by atoms with Gasteiger partial charge in [-0.15, -0.1) is 0 Å². The molecule has 0 heterocycles. The van der Waals surface area contributed by atoms with Gasteiger partial charge in [0.1, 0.15) is 0 Å². The zero-order chi connectivity index (χ0) is 19.8. The monoisotopic (exact) mass is 373 g/mol. The van der Waals surface area contributed by atoms with Crippen molar-refractivity contribution in [3.63, 3.8) is 0 Å². The maximum Gasteiger partial charge on any atom is 0.240 e. The van der Waals surface area contributed by atoms with Gasteiger partial charge in [-0.1, -0.05) is 66.7 Å². The number of nitrogens with zero attached hydrogens (tertiary/aromatic N) is 1. The average molecular weight is 373 g/mol. The molecular formula is C23H23N3O2. The number of benzene rings is 3. The van der Waals surface area contributed by atoms with Crippen LogP contribution in [0, 0.1) is 0 Å². The molecule has 3 aromatic carbocycles. The van der Waals surface area contributed by atoms with Gasteiger partial charge in [0, 0.05) is 19.4 Å². The molecule has 3 aromatic rings. The van der Waals surface area contributed by atoms with Gasteiger partial charge in [-0.2, -0.15) is 5.10 Å². The van der Waals surface area contributed by atoms with Gasteiger partial charge in [-0.3, -0.25) is 9.59 Å². The third kappa shape index (κ3) is 5.51. The Hall–Kier alpha value is -3.47. The Bertz CT molecular complexity index is 997. The lowest BCUT2D eigenvalue weighted by Gasteiger charge is -2.06. The third-order valence-corrected chi connectivity index (χ3v) is 4.43. The molecule has 0 saturated heterocycles. The maximum atomic E-state index is 12.0. The SMILES string of the molecule is CC(=NNC(=O)CCC(=O)NCc1ccccc1)c1ccc2ccccc2c1. The molecule has 142 valence electrons. The molecule has 5 nitrogen and oxygen atoms in total. The molecule has 0 bridgehead atoms. The summed E-state index contributed by atoms with van der Waals surface area (Å²) in [6.45, 7) is 2.30. The second-order valence-electron chi connectivity index (χ2n) is 6.56.